The van der Waals surface area contributed by atoms with Crippen LogP contribution in [-0.2, 0) is 22.5 Å². The molecule has 2 fully saturated rings. The number of carbonyl (C=O) groups is 1. The molecule has 2 N–H and O–H groups in total. The molecule has 1 amide bonds. The zero-order chi connectivity index (χ0) is 24.4. The summed E-state index contributed by atoms with van der Waals surface area (Å²) < 4.78 is 89.6. The van der Waals surface area contributed by atoms with Crippen LogP contribution >= 0.6 is 0 Å². The fraction of sp³-hybridized carbons (Fsp3) is 0.550. The van der Waals surface area contributed by atoms with Crippen LogP contribution in [0.5, 0.6) is 0 Å². The van der Waals surface area contributed by atoms with Gasteiger partial charge >= 0.3 is 6.18 Å². The van der Waals surface area contributed by atoms with E-state index in [0.29, 0.717) is 12.8 Å². The fourth-order valence-electron chi connectivity index (χ4n) is 4.31. The Morgan fingerprint density at radius 1 is 1.30 bits per heavy atom. The summed E-state index contributed by atoms with van der Waals surface area (Å²) >= 11 is 0. The molecule has 0 bridgehead atoms. The van der Waals surface area contributed by atoms with E-state index in [1.54, 1.807) is 0 Å². The topological polar surface area (TPSA) is 101 Å². The number of nitrogens with zero attached hydrogens (tertiary/aromatic N) is 3. The number of alkyl halides is 5. The van der Waals surface area contributed by atoms with Gasteiger partial charge in [0.05, 0.1) is 32.2 Å². The molecule has 33 heavy (non-hydrogen) atoms. The SMILES string of the molecule is CC1(Cn2nc(C3CC3)c(C(F)(F)F)c2C(=O)Nc2cncc([S@](C)(=N)=O)c2)CC(F)(F)C1. The highest BCUT2D eigenvalue weighted by Gasteiger charge is 2.55. The van der Waals surface area contributed by atoms with Crippen molar-refractivity contribution in [2.24, 2.45) is 5.41 Å². The molecule has 2 heterocycles. The van der Waals surface area contributed by atoms with Gasteiger partial charge in [0.25, 0.3) is 5.91 Å². The van der Waals surface area contributed by atoms with E-state index >= 15 is 0 Å². The third-order valence-corrected chi connectivity index (χ3v) is 6.89. The zero-order valence-corrected chi connectivity index (χ0v) is 18.6. The number of pyridine rings is 1. The van der Waals surface area contributed by atoms with Crippen molar-refractivity contribution >= 4 is 21.3 Å². The van der Waals surface area contributed by atoms with Crippen LogP contribution in [-0.4, -0.2) is 37.1 Å². The zero-order valence-electron chi connectivity index (χ0n) is 17.8. The Bertz CT molecular complexity index is 1210. The predicted octanol–water partition coefficient (Wildman–Crippen LogP) is 4.90. The molecule has 0 aromatic carbocycles. The molecule has 0 aliphatic heterocycles. The maximum absolute atomic E-state index is 14.1. The Morgan fingerprint density at radius 3 is 2.45 bits per heavy atom. The van der Waals surface area contributed by atoms with Gasteiger partial charge in [-0.1, -0.05) is 6.92 Å². The number of hydrogen-bond donors (Lipinski definition) is 2. The second-order valence-electron chi connectivity index (χ2n) is 9.27. The minimum Gasteiger partial charge on any atom is -0.319 e. The van der Waals surface area contributed by atoms with E-state index in [9.17, 15) is 31.0 Å². The molecule has 0 radical (unpaired) electrons. The van der Waals surface area contributed by atoms with Gasteiger partial charge in [0.2, 0.25) is 5.92 Å². The van der Waals surface area contributed by atoms with Crippen molar-refractivity contribution in [1.29, 1.82) is 4.78 Å². The van der Waals surface area contributed by atoms with Gasteiger partial charge in [-0.05, 0) is 24.3 Å². The molecular formula is C20H22F5N5O2S. The van der Waals surface area contributed by atoms with E-state index < -0.39 is 63.2 Å². The van der Waals surface area contributed by atoms with Crippen LogP contribution in [0.4, 0.5) is 27.6 Å². The number of carbonyl (C=O) groups excluding carboxylic acids is 1. The lowest BCUT2D eigenvalue weighted by atomic mass is 9.67. The molecular weight excluding hydrogens is 469 g/mol. The molecule has 0 unspecified atom stereocenters. The molecule has 180 valence electrons. The minimum atomic E-state index is -4.88. The highest BCUT2D eigenvalue weighted by Crippen LogP contribution is 2.53. The maximum Gasteiger partial charge on any atom is 0.420 e. The first kappa shape index (κ1) is 23.6. The summed E-state index contributed by atoms with van der Waals surface area (Å²) in [6.07, 6.45) is -1.46. The van der Waals surface area contributed by atoms with Gasteiger partial charge in [-0.15, -0.1) is 0 Å². The van der Waals surface area contributed by atoms with Crippen molar-refractivity contribution in [2.75, 3.05) is 11.6 Å². The van der Waals surface area contributed by atoms with Crippen molar-refractivity contribution < 1.29 is 31.0 Å². The molecule has 13 heteroatoms. The quantitative estimate of drug-likeness (QED) is 0.562. The highest BCUT2D eigenvalue weighted by atomic mass is 32.2. The summed E-state index contributed by atoms with van der Waals surface area (Å²) in [6.45, 7) is 1.26. The van der Waals surface area contributed by atoms with E-state index in [1.807, 2.05) is 0 Å². The summed E-state index contributed by atoms with van der Waals surface area (Å²) in [5.74, 6) is -4.47. The van der Waals surface area contributed by atoms with Crippen LogP contribution in [0.15, 0.2) is 23.4 Å². The van der Waals surface area contributed by atoms with Crippen LogP contribution in [0.1, 0.15) is 60.3 Å². The first-order valence-corrected chi connectivity index (χ1v) is 12.1. The van der Waals surface area contributed by atoms with Gasteiger partial charge in [0, 0.05) is 37.8 Å². The lowest BCUT2D eigenvalue weighted by Crippen LogP contribution is -2.47. The van der Waals surface area contributed by atoms with Crippen molar-refractivity contribution in [3.63, 3.8) is 0 Å². The molecule has 0 saturated heterocycles. The molecule has 1 atom stereocenters. The predicted molar refractivity (Wildman–Crippen MR) is 109 cm³/mol. The molecule has 2 aromatic heterocycles. The third kappa shape index (κ3) is 4.87. The van der Waals surface area contributed by atoms with E-state index in [2.05, 4.69) is 15.4 Å². The van der Waals surface area contributed by atoms with Gasteiger partial charge in [0.1, 0.15) is 11.3 Å². The Balaban J connectivity index is 1.74. The number of anilines is 1. The lowest BCUT2D eigenvalue weighted by molar-refractivity contribution is -0.160. The van der Waals surface area contributed by atoms with E-state index in [-0.39, 0.29) is 22.8 Å². The normalized spacial score (nSPS) is 21.2. The number of nitrogens with one attached hydrogen (secondary N) is 2. The number of amides is 1. The summed E-state index contributed by atoms with van der Waals surface area (Å²) in [7, 11) is -3.18. The molecule has 2 aliphatic rings. The third-order valence-electron chi connectivity index (χ3n) is 5.77. The molecule has 4 rings (SSSR count). The van der Waals surface area contributed by atoms with Gasteiger partial charge in [0.15, 0.2) is 0 Å². The van der Waals surface area contributed by atoms with Gasteiger partial charge in [-0.3, -0.25) is 14.5 Å². The van der Waals surface area contributed by atoms with E-state index in [4.69, 9.17) is 4.78 Å². The summed E-state index contributed by atoms with van der Waals surface area (Å²) in [6, 6.07) is 1.20. The number of halogens is 5. The second-order valence-corrected chi connectivity index (χ2v) is 11.4. The van der Waals surface area contributed by atoms with Crippen molar-refractivity contribution in [2.45, 2.75) is 62.1 Å². The monoisotopic (exact) mass is 491 g/mol. The van der Waals surface area contributed by atoms with Crippen molar-refractivity contribution in [3.05, 3.63) is 35.4 Å². The maximum atomic E-state index is 14.1. The molecule has 2 aromatic rings. The molecule has 0 spiro atoms. The highest BCUT2D eigenvalue weighted by molar-refractivity contribution is 7.91. The van der Waals surface area contributed by atoms with E-state index in [0.717, 1.165) is 17.1 Å². The minimum absolute atomic E-state index is 0.00673. The van der Waals surface area contributed by atoms with Crippen LogP contribution in [0.3, 0.4) is 0 Å². The first-order chi connectivity index (χ1) is 15.1. The molecule has 2 aliphatic carbocycles. The van der Waals surface area contributed by atoms with Crippen LogP contribution in [0.2, 0.25) is 0 Å². The van der Waals surface area contributed by atoms with Crippen LogP contribution < -0.4 is 5.32 Å². The van der Waals surface area contributed by atoms with Crippen molar-refractivity contribution in [1.82, 2.24) is 14.8 Å². The summed E-state index contributed by atoms with van der Waals surface area (Å²) in [5, 5.41) is 6.39. The largest absolute Gasteiger partial charge is 0.420 e. The summed E-state index contributed by atoms with van der Waals surface area (Å²) in [4.78, 5) is 16.9. The lowest BCUT2D eigenvalue weighted by Gasteiger charge is -2.44. The summed E-state index contributed by atoms with van der Waals surface area (Å²) in [5.41, 5.74) is -3.23. The molecule has 7 nitrogen and oxygen atoms in total. The van der Waals surface area contributed by atoms with Gasteiger partial charge < -0.3 is 5.32 Å². The smallest absolute Gasteiger partial charge is 0.319 e. The van der Waals surface area contributed by atoms with Crippen LogP contribution in [0.25, 0.3) is 0 Å². The van der Waals surface area contributed by atoms with Crippen molar-refractivity contribution in [3.8, 4) is 0 Å². The molecule has 2 saturated carbocycles. The average molecular weight is 491 g/mol. The fourth-order valence-corrected chi connectivity index (χ4v) is 4.92. The second kappa shape index (κ2) is 7.47. The number of aromatic nitrogens is 3. The Labute approximate surface area is 186 Å². The standard InChI is InChI=1S/C20H22F5N5O2S/c1-18(8-19(21,22)9-18)10-30-16(14(20(23,24)25)15(29-30)11-3-4-11)17(31)28-12-5-13(7-27-6-12)33(2,26)32/h5-7,11,26H,3-4,8-10H2,1-2H3,(H,28,31)/t33-/m1/s1. The number of rotatable bonds is 6. The van der Waals surface area contributed by atoms with Crippen LogP contribution in [0, 0.1) is 10.2 Å². The van der Waals surface area contributed by atoms with Gasteiger partial charge in [-0.2, -0.15) is 18.3 Å². The Kier molecular flexibility index (Phi) is 5.34. The first-order valence-electron chi connectivity index (χ1n) is 10.1. The Morgan fingerprint density at radius 2 is 1.94 bits per heavy atom. The van der Waals surface area contributed by atoms with Gasteiger partial charge in [-0.25, -0.2) is 17.8 Å². The Hall–Kier alpha value is -2.57. The average Bonchev–Trinajstić information content (AvgIpc) is 3.39. The van der Waals surface area contributed by atoms with E-state index in [1.165, 1.54) is 19.2 Å². The number of hydrogen-bond acceptors (Lipinski definition) is 5.